The maximum Gasteiger partial charge on any atom is 0.191 e. The Balaban J connectivity index is 1.82. The molecule has 2 rings (SSSR count). The number of hydrogen-bond acceptors (Lipinski definition) is 3. The third-order valence-corrected chi connectivity index (χ3v) is 3.97. The highest BCUT2D eigenvalue weighted by Crippen LogP contribution is 2.21. The fourth-order valence-corrected chi connectivity index (χ4v) is 2.66. The number of aromatic nitrogens is 3. The summed E-state index contributed by atoms with van der Waals surface area (Å²) in [5.74, 6) is 0.814. The van der Waals surface area contributed by atoms with E-state index in [4.69, 9.17) is 11.6 Å². The summed E-state index contributed by atoms with van der Waals surface area (Å²) in [7, 11) is 0. The second-order valence-corrected chi connectivity index (χ2v) is 5.96. The maximum absolute atomic E-state index is 6.26. The zero-order valence-electron chi connectivity index (χ0n) is 14.2. The van der Waals surface area contributed by atoms with E-state index in [9.17, 15) is 0 Å². The average molecular weight is 349 g/mol. The summed E-state index contributed by atoms with van der Waals surface area (Å²) >= 11 is 6.26. The van der Waals surface area contributed by atoms with Gasteiger partial charge in [0.05, 0.1) is 6.04 Å². The fourth-order valence-electron chi connectivity index (χ4n) is 2.36. The van der Waals surface area contributed by atoms with Gasteiger partial charge in [0.2, 0.25) is 0 Å². The Labute approximate surface area is 148 Å². The number of unbranched alkanes of at least 4 members (excludes halogenated alkanes) is 1. The van der Waals surface area contributed by atoms with Crippen molar-refractivity contribution in [1.82, 2.24) is 25.4 Å². The third-order valence-electron chi connectivity index (χ3n) is 3.63. The molecule has 1 aromatic carbocycles. The largest absolute Gasteiger partial charge is 0.357 e. The lowest BCUT2D eigenvalue weighted by atomic mass is 10.1. The minimum absolute atomic E-state index is 0.0912. The molecule has 2 N–H and O–H groups in total. The van der Waals surface area contributed by atoms with Crippen LogP contribution >= 0.6 is 11.6 Å². The van der Waals surface area contributed by atoms with E-state index in [1.807, 2.05) is 28.8 Å². The Morgan fingerprint density at radius 3 is 2.71 bits per heavy atom. The van der Waals surface area contributed by atoms with Crippen LogP contribution in [0.3, 0.4) is 0 Å². The van der Waals surface area contributed by atoms with Crippen LogP contribution < -0.4 is 10.6 Å². The first-order valence-corrected chi connectivity index (χ1v) is 8.70. The quantitative estimate of drug-likeness (QED) is 0.437. The summed E-state index contributed by atoms with van der Waals surface area (Å²) < 4.78 is 1.98. The molecule has 0 saturated carbocycles. The smallest absolute Gasteiger partial charge is 0.191 e. The molecule has 0 spiro atoms. The molecule has 0 radical (unpaired) electrons. The summed E-state index contributed by atoms with van der Waals surface area (Å²) in [4.78, 5) is 4.64. The number of aryl methyl sites for hydroxylation is 1. The van der Waals surface area contributed by atoms with Gasteiger partial charge in [0.1, 0.15) is 12.7 Å². The molecule has 1 unspecified atom stereocenters. The standard InChI is InChI=1S/C17H25ClN6/c1-3-19-17(20-10-6-7-11-24-12-21-22-13-24)23-14(2)15-8-4-5-9-16(15)18/h4-5,8-9,12-14H,3,6-7,10-11H2,1-2H3,(H2,19,20,23). The van der Waals surface area contributed by atoms with Crippen LogP contribution in [0.4, 0.5) is 0 Å². The van der Waals surface area contributed by atoms with Gasteiger partial charge in [-0.3, -0.25) is 4.99 Å². The van der Waals surface area contributed by atoms with Gasteiger partial charge in [-0.25, -0.2) is 0 Å². The van der Waals surface area contributed by atoms with Crippen LogP contribution in [-0.2, 0) is 6.54 Å². The molecule has 0 amide bonds. The van der Waals surface area contributed by atoms with E-state index in [1.165, 1.54) is 0 Å². The highest BCUT2D eigenvalue weighted by Gasteiger charge is 2.10. The number of benzene rings is 1. The first-order valence-electron chi connectivity index (χ1n) is 8.32. The second kappa shape index (κ2) is 9.93. The van der Waals surface area contributed by atoms with Crippen molar-refractivity contribution in [2.75, 3.05) is 13.1 Å². The topological polar surface area (TPSA) is 67.1 Å². The van der Waals surface area contributed by atoms with E-state index in [2.05, 4.69) is 39.7 Å². The van der Waals surface area contributed by atoms with Crippen LogP contribution in [0.5, 0.6) is 0 Å². The van der Waals surface area contributed by atoms with Crippen LogP contribution in [-0.4, -0.2) is 33.8 Å². The molecular formula is C17H25ClN6. The zero-order chi connectivity index (χ0) is 17.2. The molecule has 7 heteroatoms. The minimum atomic E-state index is 0.0912. The maximum atomic E-state index is 6.26. The van der Waals surface area contributed by atoms with E-state index in [1.54, 1.807) is 12.7 Å². The summed E-state index contributed by atoms with van der Waals surface area (Å²) in [6.07, 6.45) is 5.52. The minimum Gasteiger partial charge on any atom is -0.357 e. The molecule has 130 valence electrons. The number of halogens is 1. The number of aliphatic imine (C=N–C) groups is 1. The van der Waals surface area contributed by atoms with Crippen molar-refractivity contribution >= 4 is 17.6 Å². The summed E-state index contributed by atoms with van der Waals surface area (Å²) in [5, 5.41) is 15.0. The van der Waals surface area contributed by atoms with Crippen molar-refractivity contribution in [2.24, 2.45) is 4.99 Å². The molecule has 1 heterocycles. The van der Waals surface area contributed by atoms with Crippen molar-refractivity contribution in [3.05, 3.63) is 47.5 Å². The van der Waals surface area contributed by atoms with Crippen molar-refractivity contribution in [2.45, 2.75) is 39.3 Å². The van der Waals surface area contributed by atoms with Crippen molar-refractivity contribution < 1.29 is 0 Å². The predicted molar refractivity (Wildman–Crippen MR) is 98.2 cm³/mol. The molecule has 6 nitrogen and oxygen atoms in total. The fraction of sp³-hybridized carbons (Fsp3) is 0.471. The van der Waals surface area contributed by atoms with Gasteiger partial charge >= 0.3 is 0 Å². The van der Waals surface area contributed by atoms with Crippen molar-refractivity contribution in [3.63, 3.8) is 0 Å². The molecule has 0 aliphatic heterocycles. The molecule has 0 aliphatic carbocycles. The lowest BCUT2D eigenvalue weighted by Crippen LogP contribution is -2.38. The van der Waals surface area contributed by atoms with E-state index in [-0.39, 0.29) is 6.04 Å². The molecule has 0 aliphatic rings. The van der Waals surface area contributed by atoms with Gasteiger partial charge in [-0.1, -0.05) is 29.8 Å². The van der Waals surface area contributed by atoms with E-state index in [0.717, 1.165) is 49.0 Å². The number of rotatable bonds is 8. The molecule has 2 aromatic rings. The Morgan fingerprint density at radius 2 is 2.00 bits per heavy atom. The SMILES string of the molecule is CCNC(=NCCCCn1cnnc1)NC(C)c1ccccc1Cl. The lowest BCUT2D eigenvalue weighted by Gasteiger charge is -2.19. The summed E-state index contributed by atoms with van der Waals surface area (Å²) in [6.45, 7) is 6.65. The predicted octanol–water partition coefficient (Wildman–Crippen LogP) is 3.03. The Morgan fingerprint density at radius 1 is 1.25 bits per heavy atom. The summed E-state index contributed by atoms with van der Waals surface area (Å²) in [6, 6.07) is 7.96. The van der Waals surface area contributed by atoms with Gasteiger partial charge in [-0.05, 0) is 38.3 Å². The zero-order valence-corrected chi connectivity index (χ0v) is 15.0. The molecule has 0 fully saturated rings. The van der Waals surface area contributed by atoms with Crippen LogP contribution in [0.1, 0.15) is 38.3 Å². The van der Waals surface area contributed by atoms with Gasteiger partial charge < -0.3 is 15.2 Å². The molecule has 1 atom stereocenters. The van der Waals surface area contributed by atoms with E-state index in [0.29, 0.717) is 0 Å². The van der Waals surface area contributed by atoms with Gasteiger partial charge in [0.15, 0.2) is 5.96 Å². The van der Waals surface area contributed by atoms with E-state index < -0.39 is 0 Å². The van der Waals surface area contributed by atoms with Crippen LogP contribution in [0.15, 0.2) is 41.9 Å². The highest BCUT2D eigenvalue weighted by atomic mass is 35.5. The molecule has 1 aromatic heterocycles. The second-order valence-electron chi connectivity index (χ2n) is 5.56. The number of guanidine groups is 1. The number of hydrogen-bond donors (Lipinski definition) is 2. The molecule has 0 saturated heterocycles. The van der Waals surface area contributed by atoms with Gasteiger partial charge in [0, 0.05) is 24.7 Å². The Hall–Kier alpha value is -2.08. The van der Waals surface area contributed by atoms with Crippen molar-refractivity contribution in [3.8, 4) is 0 Å². The molecule has 0 bridgehead atoms. The Bertz CT molecular complexity index is 626. The number of nitrogens with one attached hydrogen (secondary N) is 2. The highest BCUT2D eigenvalue weighted by molar-refractivity contribution is 6.31. The molecule has 24 heavy (non-hydrogen) atoms. The Kier molecular flexibility index (Phi) is 7.55. The third kappa shape index (κ3) is 5.85. The molecular weight excluding hydrogens is 324 g/mol. The monoisotopic (exact) mass is 348 g/mol. The van der Waals surface area contributed by atoms with Gasteiger partial charge in [-0.2, -0.15) is 0 Å². The van der Waals surface area contributed by atoms with Gasteiger partial charge in [-0.15, -0.1) is 10.2 Å². The summed E-state index contributed by atoms with van der Waals surface area (Å²) in [5.41, 5.74) is 1.07. The van der Waals surface area contributed by atoms with Crippen LogP contribution in [0, 0.1) is 0 Å². The normalized spacial score (nSPS) is 12.9. The van der Waals surface area contributed by atoms with E-state index >= 15 is 0 Å². The number of nitrogens with zero attached hydrogens (tertiary/aromatic N) is 4. The van der Waals surface area contributed by atoms with Gasteiger partial charge in [0.25, 0.3) is 0 Å². The first kappa shape index (κ1) is 18.3. The average Bonchev–Trinajstić information content (AvgIpc) is 3.08. The lowest BCUT2D eigenvalue weighted by molar-refractivity contribution is 0.609. The van der Waals surface area contributed by atoms with Crippen molar-refractivity contribution in [1.29, 1.82) is 0 Å². The van der Waals surface area contributed by atoms with Crippen LogP contribution in [0.2, 0.25) is 5.02 Å². The first-order chi connectivity index (χ1) is 11.7. The van der Waals surface area contributed by atoms with Crippen LogP contribution in [0.25, 0.3) is 0 Å².